The molecule has 3 aromatic carbocycles. The van der Waals surface area contributed by atoms with Crippen molar-refractivity contribution in [1.29, 1.82) is 5.26 Å². The average molecular weight is 495 g/mol. The lowest BCUT2D eigenvalue weighted by molar-refractivity contribution is -0.112. The lowest BCUT2D eigenvalue weighted by atomic mass is 10.1. The van der Waals surface area contributed by atoms with E-state index in [9.17, 15) is 14.4 Å². The number of carbonyl (C=O) groups excluding carboxylic acids is 1. The number of nitrogens with zero attached hydrogens (tertiary/aromatic N) is 1. The summed E-state index contributed by atoms with van der Waals surface area (Å²) in [6.07, 6.45) is 1.40. The number of nitrogens with one attached hydrogen (secondary N) is 1. The maximum absolute atomic E-state index is 13.8. The number of hydrogen-bond acceptors (Lipinski definition) is 4. The largest absolute Gasteiger partial charge is 0.493 e. The number of carbonyl (C=O) groups is 1. The van der Waals surface area contributed by atoms with Crippen LogP contribution >= 0.6 is 15.9 Å². The first-order chi connectivity index (χ1) is 15.4. The van der Waals surface area contributed by atoms with Crippen molar-refractivity contribution >= 4 is 33.6 Å². The van der Waals surface area contributed by atoms with Crippen LogP contribution in [-0.2, 0) is 11.4 Å². The molecule has 0 spiro atoms. The molecule has 5 nitrogen and oxygen atoms in total. The molecule has 3 aromatic rings. The lowest BCUT2D eigenvalue weighted by Gasteiger charge is -2.14. The molecule has 0 aliphatic carbocycles. The Bertz CT molecular complexity index is 1220. The van der Waals surface area contributed by atoms with Crippen LogP contribution in [0.4, 0.5) is 10.1 Å². The van der Waals surface area contributed by atoms with Gasteiger partial charge in [-0.05, 0) is 64.3 Å². The Morgan fingerprint density at radius 3 is 2.66 bits per heavy atom. The summed E-state index contributed by atoms with van der Waals surface area (Å²) in [6, 6.07) is 18.9. The van der Waals surface area contributed by atoms with E-state index < -0.39 is 11.7 Å². The summed E-state index contributed by atoms with van der Waals surface area (Å²) in [7, 11) is 1.50. The highest BCUT2D eigenvalue weighted by Crippen LogP contribution is 2.38. The van der Waals surface area contributed by atoms with E-state index in [0.717, 1.165) is 11.1 Å². The summed E-state index contributed by atoms with van der Waals surface area (Å²) in [5.74, 6) is -0.365. The summed E-state index contributed by atoms with van der Waals surface area (Å²) in [5, 5.41) is 11.9. The molecule has 0 heterocycles. The number of ether oxygens (including phenoxy) is 2. The second-order valence-corrected chi connectivity index (χ2v) is 7.77. The molecule has 1 amide bonds. The minimum absolute atomic E-state index is 0.00249. The third-order valence-electron chi connectivity index (χ3n) is 4.52. The molecule has 0 atom stereocenters. The first kappa shape index (κ1) is 23.0. The second-order valence-electron chi connectivity index (χ2n) is 6.92. The van der Waals surface area contributed by atoms with Crippen molar-refractivity contribution in [2.24, 2.45) is 0 Å². The van der Waals surface area contributed by atoms with E-state index in [1.54, 1.807) is 18.2 Å². The molecule has 0 aliphatic heterocycles. The highest BCUT2D eigenvalue weighted by atomic mass is 79.9. The number of aryl methyl sites for hydroxylation is 1. The van der Waals surface area contributed by atoms with Gasteiger partial charge in [-0.3, -0.25) is 4.79 Å². The molecule has 0 saturated heterocycles. The molecule has 32 heavy (non-hydrogen) atoms. The minimum Gasteiger partial charge on any atom is -0.493 e. The average Bonchev–Trinajstić information content (AvgIpc) is 2.77. The molecular weight excluding hydrogens is 475 g/mol. The number of rotatable bonds is 7. The van der Waals surface area contributed by atoms with Crippen LogP contribution in [0.1, 0.15) is 16.7 Å². The third kappa shape index (κ3) is 5.74. The van der Waals surface area contributed by atoms with Gasteiger partial charge in [-0.2, -0.15) is 5.26 Å². The van der Waals surface area contributed by atoms with Gasteiger partial charge in [0.15, 0.2) is 11.5 Å². The Hall–Kier alpha value is -3.63. The molecule has 0 radical (unpaired) electrons. The van der Waals surface area contributed by atoms with Crippen molar-refractivity contribution in [2.45, 2.75) is 13.5 Å². The monoisotopic (exact) mass is 494 g/mol. The SMILES string of the molecule is COc1cc(/C=C(/C#N)C(=O)Nc2ccccc2F)cc(Br)c1OCc1cccc(C)c1. The van der Waals surface area contributed by atoms with Crippen LogP contribution in [0.5, 0.6) is 11.5 Å². The van der Waals surface area contributed by atoms with Crippen LogP contribution in [0.15, 0.2) is 70.7 Å². The van der Waals surface area contributed by atoms with Gasteiger partial charge >= 0.3 is 0 Å². The summed E-state index contributed by atoms with van der Waals surface area (Å²) < 4.78 is 25.8. The molecular formula is C25H20BrFN2O3. The van der Waals surface area contributed by atoms with Gasteiger partial charge in [0.05, 0.1) is 17.3 Å². The van der Waals surface area contributed by atoms with Crippen molar-refractivity contribution in [2.75, 3.05) is 12.4 Å². The zero-order valence-electron chi connectivity index (χ0n) is 17.5. The highest BCUT2D eigenvalue weighted by molar-refractivity contribution is 9.10. The Balaban J connectivity index is 1.83. The van der Waals surface area contributed by atoms with E-state index >= 15 is 0 Å². The fourth-order valence-corrected chi connectivity index (χ4v) is 3.56. The number of hydrogen-bond donors (Lipinski definition) is 1. The van der Waals surface area contributed by atoms with Gasteiger partial charge in [-0.25, -0.2) is 4.39 Å². The number of anilines is 1. The summed E-state index contributed by atoms with van der Waals surface area (Å²) in [5.41, 5.74) is 2.50. The van der Waals surface area contributed by atoms with Crippen LogP contribution in [0.3, 0.4) is 0 Å². The van der Waals surface area contributed by atoms with Gasteiger partial charge in [0.25, 0.3) is 5.91 Å². The predicted octanol–water partition coefficient (Wildman–Crippen LogP) is 6.03. The maximum Gasteiger partial charge on any atom is 0.266 e. The first-order valence-electron chi connectivity index (χ1n) is 9.65. The minimum atomic E-state index is -0.715. The number of nitriles is 1. The fourth-order valence-electron chi connectivity index (χ4n) is 2.99. The molecule has 162 valence electrons. The molecule has 0 fully saturated rings. The molecule has 0 unspecified atom stereocenters. The smallest absolute Gasteiger partial charge is 0.266 e. The number of benzene rings is 3. The van der Waals surface area contributed by atoms with E-state index in [1.807, 2.05) is 37.3 Å². The number of para-hydroxylation sites is 1. The quantitative estimate of drug-likeness (QED) is 0.321. The van der Waals surface area contributed by atoms with Gasteiger partial charge < -0.3 is 14.8 Å². The first-order valence-corrected chi connectivity index (χ1v) is 10.4. The molecule has 1 N–H and O–H groups in total. The Labute approximate surface area is 194 Å². The van der Waals surface area contributed by atoms with Gasteiger partial charge in [-0.15, -0.1) is 0 Å². The van der Waals surface area contributed by atoms with Gasteiger partial charge in [-0.1, -0.05) is 42.0 Å². The normalized spacial score (nSPS) is 10.9. The van der Waals surface area contributed by atoms with Crippen molar-refractivity contribution in [3.8, 4) is 17.6 Å². The van der Waals surface area contributed by atoms with Crippen LogP contribution < -0.4 is 14.8 Å². The molecule has 0 saturated carbocycles. The predicted molar refractivity (Wildman–Crippen MR) is 125 cm³/mol. The van der Waals surface area contributed by atoms with Crippen molar-refractivity contribution in [3.05, 3.63) is 93.2 Å². The summed E-state index contributed by atoms with van der Waals surface area (Å²) in [4.78, 5) is 12.5. The topological polar surface area (TPSA) is 71.3 Å². The van der Waals surface area contributed by atoms with E-state index in [1.165, 1.54) is 31.4 Å². The summed E-state index contributed by atoms with van der Waals surface area (Å²) >= 11 is 3.47. The van der Waals surface area contributed by atoms with Crippen molar-refractivity contribution in [1.82, 2.24) is 0 Å². The van der Waals surface area contributed by atoms with Crippen molar-refractivity contribution < 1.29 is 18.7 Å². The Morgan fingerprint density at radius 1 is 1.19 bits per heavy atom. The van der Waals surface area contributed by atoms with Crippen LogP contribution in [-0.4, -0.2) is 13.0 Å². The number of methoxy groups -OCH3 is 1. The Kier molecular flexibility index (Phi) is 7.63. The van der Waals surface area contributed by atoms with E-state index in [-0.39, 0.29) is 11.3 Å². The zero-order chi connectivity index (χ0) is 23.1. The van der Waals surface area contributed by atoms with Gasteiger partial charge in [0.2, 0.25) is 0 Å². The van der Waals surface area contributed by atoms with E-state index in [2.05, 4.69) is 21.2 Å². The third-order valence-corrected chi connectivity index (χ3v) is 5.10. The Morgan fingerprint density at radius 2 is 1.97 bits per heavy atom. The fraction of sp³-hybridized carbons (Fsp3) is 0.120. The molecule has 3 rings (SSSR count). The van der Waals surface area contributed by atoms with Crippen molar-refractivity contribution in [3.63, 3.8) is 0 Å². The van der Waals surface area contributed by atoms with E-state index in [0.29, 0.717) is 28.1 Å². The van der Waals surface area contributed by atoms with Crippen LogP contribution in [0.2, 0.25) is 0 Å². The van der Waals surface area contributed by atoms with Gasteiger partial charge in [0.1, 0.15) is 24.1 Å². The lowest BCUT2D eigenvalue weighted by Crippen LogP contribution is -2.14. The van der Waals surface area contributed by atoms with Crippen LogP contribution in [0, 0.1) is 24.1 Å². The maximum atomic E-state index is 13.8. The number of halogens is 2. The standard InChI is InChI=1S/C25H20BrFN2O3/c1-16-6-5-7-17(10-16)15-32-24-20(26)12-18(13-23(24)31-2)11-19(14-28)25(30)29-22-9-4-3-8-21(22)27/h3-13H,15H2,1-2H3,(H,29,30)/b19-11-. The molecule has 0 bridgehead atoms. The molecule has 0 aliphatic rings. The highest BCUT2D eigenvalue weighted by Gasteiger charge is 2.15. The number of amides is 1. The summed E-state index contributed by atoms with van der Waals surface area (Å²) in [6.45, 7) is 2.36. The van der Waals surface area contributed by atoms with E-state index in [4.69, 9.17) is 9.47 Å². The second kappa shape index (κ2) is 10.6. The van der Waals surface area contributed by atoms with Crippen LogP contribution in [0.25, 0.3) is 6.08 Å². The van der Waals surface area contributed by atoms with Gasteiger partial charge in [0, 0.05) is 0 Å². The molecule has 0 aromatic heterocycles. The zero-order valence-corrected chi connectivity index (χ0v) is 19.1. The molecule has 7 heteroatoms.